The molecular formula is C16H16ClNO2. The Morgan fingerprint density at radius 1 is 1.20 bits per heavy atom. The lowest BCUT2D eigenvalue weighted by Gasteiger charge is -2.15. The zero-order chi connectivity index (χ0) is 14.5. The van der Waals surface area contributed by atoms with E-state index in [1.54, 1.807) is 19.1 Å². The molecule has 0 fully saturated rings. The first-order valence-electron chi connectivity index (χ1n) is 6.35. The van der Waals surface area contributed by atoms with Gasteiger partial charge >= 0.3 is 0 Å². The van der Waals surface area contributed by atoms with Crippen LogP contribution >= 0.6 is 11.6 Å². The van der Waals surface area contributed by atoms with Crippen molar-refractivity contribution in [1.82, 2.24) is 0 Å². The molecule has 20 heavy (non-hydrogen) atoms. The van der Waals surface area contributed by atoms with Crippen molar-refractivity contribution >= 4 is 23.2 Å². The monoisotopic (exact) mass is 289 g/mol. The van der Waals surface area contributed by atoms with Gasteiger partial charge in [0.2, 0.25) is 0 Å². The highest BCUT2D eigenvalue weighted by Crippen LogP contribution is 2.24. The summed E-state index contributed by atoms with van der Waals surface area (Å²) in [7, 11) is 0. The summed E-state index contributed by atoms with van der Waals surface area (Å²) in [6.07, 6.45) is -0.629. The first-order valence-corrected chi connectivity index (χ1v) is 6.73. The molecule has 0 aliphatic carbocycles. The van der Waals surface area contributed by atoms with Crippen LogP contribution in [0.15, 0.2) is 48.5 Å². The molecule has 4 heteroatoms. The van der Waals surface area contributed by atoms with E-state index >= 15 is 0 Å². The van der Waals surface area contributed by atoms with Crippen molar-refractivity contribution in [1.29, 1.82) is 0 Å². The third kappa shape index (κ3) is 3.75. The average Bonchev–Trinajstić information content (AvgIpc) is 2.41. The number of halogens is 1. The summed E-state index contributed by atoms with van der Waals surface area (Å²) in [5, 5.41) is 3.30. The number of aryl methyl sites for hydroxylation is 1. The van der Waals surface area contributed by atoms with Gasteiger partial charge in [0.05, 0.1) is 5.02 Å². The molecule has 0 aliphatic rings. The van der Waals surface area contributed by atoms with Crippen LogP contribution in [0, 0.1) is 6.92 Å². The fourth-order valence-corrected chi connectivity index (χ4v) is 1.93. The van der Waals surface area contributed by atoms with E-state index in [0.29, 0.717) is 10.8 Å². The molecule has 0 aromatic heterocycles. The van der Waals surface area contributed by atoms with E-state index in [4.69, 9.17) is 16.3 Å². The third-order valence-corrected chi connectivity index (χ3v) is 3.11. The van der Waals surface area contributed by atoms with E-state index in [-0.39, 0.29) is 5.91 Å². The number of nitrogens with one attached hydrogen (secondary N) is 1. The predicted molar refractivity (Wildman–Crippen MR) is 81.4 cm³/mol. The van der Waals surface area contributed by atoms with Crippen LogP contribution in [0.25, 0.3) is 0 Å². The molecule has 0 unspecified atom stereocenters. The van der Waals surface area contributed by atoms with Crippen molar-refractivity contribution in [3.63, 3.8) is 0 Å². The molecule has 0 saturated heterocycles. The molecule has 3 nitrogen and oxygen atoms in total. The van der Waals surface area contributed by atoms with Crippen LogP contribution in [0.1, 0.15) is 12.5 Å². The maximum absolute atomic E-state index is 12.1. The zero-order valence-corrected chi connectivity index (χ0v) is 12.1. The summed E-state index contributed by atoms with van der Waals surface area (Å²) in [6.45, 7) is 3.66. The molecular weight excluding hydrogens is 274 g/mol. The summed E-state index contributed by atoms with van der Waals surface area (Å²) >= 11 is 6.00. The molecule has 1 atom stereocenters. The second kappa shape index (κ2) is 6.44. The number of amides is 1. The second-order valence-electron chi connectivity index (χ2n) is 4.55. The Bertz CT molecular complexity index is 613. The molecule has 0 heterocycles. The number of carbonyl (C=O) groups is 1. The normalized spacial score (nSPS) is 11.8. The van der Waals surface area contributed by atoms with Crippen molar-refractivity contribution < 1.29 is 9.53 Å². The molecule has 1 N–H and O–H groups in total. The highest BCUT2D eigenvalue weighted by molar-refractivity contribution is 6.32. The van der Waals surface area contributed by atoms with Crippen molar-refractivity contribution in [2.75, 3.05) is 5.32 Å². The summed E-state index contributed by atoms with van der Waals surface area (Å²) < 4.78 is 5.57. The summed E-state index contributed by atoms with van der Waals surface area (Å²) in [5.74, 6) is 0.288. The van der Waals surface area contributed by atoms with Gasteiger partial charge in [0.1, 0.15) is 5.75 Å². The van der Waals surface area contributed by atoms with Gasteiger partial charge < -0.3 is 10.1 Å². The van der Waals surface area contributed by atoms with Crippen molar-refractivity contribution in [3.8, 4) is 5.75 Å². The lowest BCUT2D eigenvalue weighted by Crippen LogP contribution is -2.30. The quantitative estimate of drug-likeness (QED) is 0.922. The minimum Gasteiger partial charge on any atom is -0.479 e. The van der Waals surface area contributed by atoms with Gasteiger partial charge in [-0.1, -0.05) is 35.9 Å². The zero-order valence-electron chi connectivity index (χ0n) is 11.4. The van der Waals surface area contributed by atoms with E-state index in [2.05, 4.69) is 5.32 Å². The number of benzene rings is 2. The van der Waals surface area contributed by atoms with Crippen molar-refractivity contribution in [3.05, 3.63) is 59.1 Å². The van der Waals surface area contributed by atoms with Crippen LogP contribution in [-0.2, 0) is 4.79 Å². The van der Waals surface area contributed by atoms with Crippen LogP contribution in [0.2, 0.25) is 5.02 Å². The molecule has 104 valence electrons. The maximum Gasteiger partial charge on any atom is 0.265 e. The maximum atomic E-state index is 12.1. The van der Waals surface area contributed by atoms with Crippen LogP contribution in [-0.4, -0.2) is 12.0 Å². The Labute approximate surface area is 123 Å². The summed E-state index contributed by atoms with van der Waals surface area (Å²) in [5.41, 5.74) is 1.84. The van der Waals surface area contributed by atoms with Gasteiger partial charge in [0.15, 0.2) is 6.10 Å². The van der Waals surface area contributed by atoms with Gasteiger partial charge in [-0.3, -0.25) is 4.79 Å². The standard InChI is InChI=1S/C16H16ClNO2/c1-11-6-5-7-13(10-11)18-16(19)12(2)20-15-9-4-3-8-14(15)17/h3-10,12H,1-2H3,(H,18,19)/t12-/m0/s1. The van der Waals surface area contributed by atoms with Gasteiger partial charge in [-0.2, -0.15) is 0 Å². The average molecular weight is 290 g/mol. The lowest BCUT2D eigenvalue weighted by atomic mass is 10.2. The van der Waals surface area contributed by atoms with Crippen LogP contribution in [0.3, 0.4) is 0 Å². The lowest BCUT2D eigenvalue weighted by molar-refractivity contribution is -0.122. The molecule has 0 spiro atoms. The minimum atomic E-state index is -0.629. The smallest absolute Gasteiger partial charge is 0.265 e. The van der Waals surface area contributed by atoms with E-state index in [0.717, 1.165) is 11.3 Å². The van der Waals surface area contributed by atoms with Gasteiger partial charge in [0.25, 0.3) is 5.91 Å². The Morgan fingerprint density at radius 2 is 1.95 bits per heavy atom. The molecule has 2 aromatic carbocycles. The summed E-state index contributed by atoms with van der Waals surface area (Å²) in [4.78, 5) is 12.1. The van der Waals surface area contributed by atoms with Crippen molar-refractivity contribution in [2.24, 2.45) is 0 Å². The van der Waals surface area contributed by atoms with Crippen molar-refractivity contribution in [2.45, 2.75) is 20.0 Å². The second-order valence-corrected chi connectivity index (χ2v) is 4.96. The van der Waals surface area contributed by atoms with Gasteiger partial charge in [-0.25, -0.2) is 0 Å². The van der Waals surface area contributed by atoms with Crippen LogP contribution in [0.4, 0.5) is 5.69 Å². The number of rotatable bonds is 4. The number of carbonyl (C=O) groups excluding carboxylic acids is 1. The molecule has 2 rings (SSSR count). The van der Waals surface area contributed by atoms with Gasteiger partial charge in [-0.05, 0) is 43.7 Å². The fourth-order valence-electron chi connectivity index (χ4n) is 1.75. The number of para-hydroxylation sites is 1. The molecule has 0 radical (unpaired) electrons. The number of hydrogen-bond donors (Lipinski definition) is 1. The number of anilines is 1. The molecule has 0 bridgehead atoms. The van der Waals surface area contributed by atoms with E-state index < -0.39 is 6.10 Å². The Kier molecular flexibility index (Phi) is 4.64. The van der Waals surface area contributed by atoms with E-state index in [1.165, 1.54) is 0 Å². The largest absolute Gasteiger partial charge is 0.479 e. The Hall–Kier alpha value is -2.00. The van der Waals surface area contributed by atoms with Gasteiger partial charge in [-0.15, -0.1) is 0 Å². The Balaban J connectivity index is 2.01. The SMILES string of the molecule is Cc1cccc(NC(=O)[C@H](C)Oc2ccccc2Cl)c1. The fraction of sp³-hybridized carbons (Fsp3) is 0.188. The Morgan fingerprint density at radius 3 is 2.65 bits per heavy atom. The first-order chi connectivity index (χ1) is 9.56. The number of hydrogen-bond acceptors (Lipinski definition) is 2. The van der Waals surface area contributed by atoms with E-state index in [1.807, 2.05) is 43.3 Å². The van der Waals surface area contributed by atoms with Gasteiger partial charge in [0, 0.05) is 5.69 Å². The molecule has 0 saturated carbocycles. The first kappa shape index (κ1) is 14.4. The highest BCUT2D eigenvalue weighted by atomic mass is 35.5. The predicted octanol–water partition coefficient (Wildman–Crippen LogP) is 4.05. The molecule has 0 aliphatic heterocycles. The minimum absolute atomic E-state index is 0.212. The topological polar surface area (TPSA) is 38.3 Å². The third-order valence-electron chi connectivity index (χ3n) is 2.80. The summed E-state index contributed by atoms with van der Waals surface area (Å²) in [6, 6.07) is 14.7. The van der Waals surface area contributed by atoms with E-state index in [9.17, 15) is 4.79 Å². The number of ether oxygens (including phenoxy) is 1. The van der Waals surface area contributed by atoms with Crippen LogP contribution < -0.4 is 10.1 Å². The highest BCUT2D eigenvalue weighted by Gasteiger charge is 2.16. The van der Waals surface area contributed by atoms with Crippen LogP contribution in [0.5, 0.6) is 5.75 Å². The molecule has 2 aromatic rings. The molecule has 1 amide bonds.